The van der Waals surface area contributed by atoms with E-state index in [4.69, 9.17) is 9.47 Å². The van der Waals surface area contributed by atoms with Gasteiger partial charge in [-0.3, -0.25) is 0 Å². The van der Waals surface area contributed by atoms with Crippen LogP contribution in [0.3, 0.4) is 0 Å². The predicted molar refractivity (Wildman–Crippen MR) is 70.3 cm³/mol. The van der Waals surface area contributed by atoms with Crippen LogP contribution in [0.1, 0.15) is 24.2 Å². The lowest BCUT2D eigenvalue weighted by atomic mass is 10.1. The summed E-state index contributed by atoms with van der Waals surface area (Å²) in [5.74, 6) is 0. The Balaban J connectivity index is 2.49. The molecule has 1 rings (SSSR count). The summed E-state index contributed by atoms with van der Waals surface area (Å²) in [6.45, 7) is 6.92. The van der Waals surface area contributed by atoms with Gasteiger partial charge in [0.05, 0.1) is 19.3 Å². The molecule has 3 nitrogen and oxygen atoms in total. The van der Waals surface area contributed by atoms with Crippen molar-refractivity contribution >= 4 is 0 Å². The summed E-state index contributed by atoms with van der Waals surface area (Å²) in [5.41, 5.74) is 2.48. The summed E-state index contributed by atoms with van der Waals surface area (Å²) in [4.78, 5) is 0. The Morgan fingerprint density at radius 3 is 2.47 bits per heavy atom. The number of nitrogens with one attached hydrogen (secondary N) is 1. The first kappa shape index (κ1) is 14.2. The molecule has 0 heterocycles. The van der Waals surface area contributed by atoms with Crippen molar-refractivity contribution < 1.29 is 9.47 Å². The van der Waals surface area contributed by atoms with E-state index in [1.165, 1.54) is 11.1 Å². The molecule has 96 valence electrons. The fourth-order valence-electron chi connectivity index (χ4n) is 1.63. The van der Waals surface area contributed by atoms with Gasteiger partial charge in [0.25, 0.3) is 0 Å². The summed E-state index contributed by atoms with van der Waals surface area (Å²) in [7, 11) is 1.94. The maximum Gasteiger partial charge on any atom is 0.0950 e. The van der Waals surface area contributed by atoms with Gasteiger partial charge in [-0.1, -0.05) is 29.8 Å². The molecule has 0 fully saturated rings. The Kier molecular flexibility index (Phi) is 6.86. The molecule has 0 saturated carbocycles. The van der Waals surface area contributed by atoms with Crippen LogP contribution < -0.4 is 5.32 Å². The summed E-state index contributed by atoms with van der Waals surface area (Å²) in [6, 6.07) is 8.48. The van der Waals surface area contributed by atoms with Crippen molar-refractivity contribution in [1.29, 1.82) is 0 Å². The summed E-state index contributed by atoms with van der Waals surface area (Å²) in [5, 5.41) is 3.16. The van der Waals surface area contributed by atoms with Crippen molar-refractivity contribution in [1.82, 2.24) is 5.32 Å². The van der Waals surface area contributed by atoms with E-state index in [1.54, 1.807) is 0 Å². The highest BCUT2D eigenvalue weighted by Gasteiger charge is 2.10. The van der Waals surface area contributed by atoms with Gasteiger partial charge in [0.2, 0.25) is 0 Å². The quantitative estimate of drug-likeness (QED) is 0.704. The fourth-order valence-corrected chi connectivity index (χ4v) is 1.63. The Morgan fingerprint density at radius 1 is 1.18 bits per heavy atom. The predicted octanol–water partition coefficient (Wildman–Crippen LogP) is 2.31. The summed E-state index contributed by atoms with van der Waals surface area (Å²) >= 11 is 0. The first-order valence-corrected chi connectivity index (χ1v) is 6.18. The van der Waals surface area contributed by atoms with E-state index in [2.05, 4.69) is 36.5 Å². The van der Waals surface area contributed by atoms with Crippen LogP contribution in [0, 0.1) is 6.92 Å². The van der Waals surface area contributed by atoms with Gasteiger partial charge in [-0.05, 0) is 26.5 Å². The Morgan fingerprint density at radius 2 is 1.88 bits per heavy atom. The van der Waals surface area contributed by atoms with Crippen LogP contribution in [0.2, 0.25) is 0 Å². The lowest BCUT2D eigenvalue weighted by Gasteiger charge is -2.18. The van der Waals surface area contributed by atoms with E-state index in [0.717, 1.165) is 13.2 Å². The molecule has 0 aliphatic heterocycles. The van der Waals surface area contributed by atoms with Crippen molar-refractivity contribution in [3.63, 3.8) is 0 Å². The smallest absolute Gasteiger partial charge is 0.0950 e. The minimum absolute atomic E-state index is 0.0982. The Labute approximate surface area is 104 Å². The zero-order chi connectivity index (χ0) is 12.5. The largest absolute Gasteiger partial charge is 0.379 e. The Bertz CT molecular complexity index is 298. The van der Waals surface area contributed by atoms with Crippen LogP contribution in [0.25, 0.3) is 0 Å². The molecule has 0 bridgehead atoms. The minimum atomic E-state index is 0.0982. The van der Waals surface area contributed by atoms with Crippen LogP contribution in [0.15, 0.2) is 24.3 Å². The van der Waals surface area contributed by atoms with Gasteiger partial charge in [-0.2, -0.15) is 0 Å². The SMILES string of the molecule is CCOCCOC(CNC)c1ccc(C)cc1. The van der Waals surface area contributed by atoms with E-state index in [9.17, 15) is 0 Å². The first-order chi connectivity index (χ1) is 8.27. The van der Waals surface area contributed by atoms with Crippen LogP contribution in [0.5, 0.6) is 0 Å². The number of hydrogen-bond acceptors (Lipinski definition) is 3. The van der Waals surface area contributed by atoms with Gasteiger partial charge in [0.1, 0.15) is 0 Å². The highest BCUT2D eigenvalue weighted by atomic mass is 16.5. The standard InChI is InChI=1S/C14H23NO2/c1-4-16-9-10-17-14(11-15-3)13-7-5-12(2)6-8-13/h5-8,14-15H,4,9-11H2,1-3H3. The molecule has 3 heteroatoms. The third-order valence-electron chi connectivity index (χ3n) is 2.59. The maximum atomic E-state index is 5.82. The normalized spacial score (nSPS) is 12.6. The van der Waals surface area contributed by atoms with Gasteiger partial charge < -0.3 is 14.8 Å². The number of rotatable bonds is 8. The van der Waals surface area contributed by atoms with Crippen LogP contribution in [-0.4, -0.2) is 33.4 Å². The molecular formula is C14H23NO2. The van der Waals surface area contributed by atoms with Crippen molar-refractivity contribution in [2.45, 2.75) is 20.0 Å². The zero-order valence-electron chi connectivity index (χ0n) is 11.0. The van der Waals surface area contributed by atoms with Crippen molar-refractivity contribution in [3.05, 3.63) is 35.4 Å². The monoisotopic (exact) mass is 237 g/mol. The van der Waals surface area contributed by atoms with Crippen molar-refractivity contribution in [2.75, 3.05) is 33.4 Å². The van der Waals surface area contributed by atoms with Gasteiger partial charge in [-0.15, -0.1) is 0 Å². The zero-order valence-corrected chi connectivity index (χ0v) is 11.0. The molecule has 0 radical (unpaired) electrons. The van der Waals surface area contributed by atoms with Crippen LogP contribution in [0.4, 0.5) is 0 Å². The van der Waals surface area contributed by atoms with Crippen LogP contribution in [-0.2, 0) is 9.47 Å². The average Bonchev–Trinajstić information content (AvgIpc) is 2.34. The summed E-state index contributed by atoms with van der Waals surface area (Å²) < 4.78 is 11.1. The van der Waals surface area contributed by atoms with Crippen LogP contribution >= 0.6 is 0 Å². The molecule has 1 N–H and O–H groups in total. The summed E-state index contributed by atoms with van der Waals surface area (Å²) in [6.07, 6.45) is 0.0982. The second-order valence-corrected chi connectivity index (χ2v) is 4.02. The van der Waals surface area contributed by atoms with E-state index < -0.39 is 0 Å². The van der Waals surface area contributed by atoms with Gasteiger partial charge in [0, 0.05) is 13.2 Å². The van der Waals surface area contributed by atoms with Gasteiger partial charge in [-0.25, -0.2) is 0 Å². The van der Waals surface area contributed by atoms with E-state index >= 15 is 0 Å². The van der Waals surface area contributed by atoms with Gasteiger partial charge in [0.15, 0.2) is 0 Å². The highest BCUT2D eigenvalue weighted by molar-refractivity contribution is 5.23. The molecule has 0 amide bonds. The number of aryl methyl sites for hydroxylation is 1. The lowest BCUT2D eigenvalue weighted by Crippen LogP contribution is -2.21. The third kappa shape index (κ3) is 5.31. The molecular weight excluding hydrogens is 214 g/mol. The highest BCUT2D eigenvalue weighted by Crippen LogP contribution is 2.17. The molecule has 1 aromatic rings. The minimum Gasteiger partial charge on any atom is -0.379 e. The number of ether oxygens (including phenoxy) is 2. The van der Waals surface area contributed by atoms with E-state index in [1.807, 2.05) is 14.0 Å². The molecule has 0 aromatic heterocycles. The topological polar surface area (TPSA) is 30.5 Å². The van der Waals surface area contributed by atoms with Crippen molar-refractivity contribution in [3.8, 4) is 0 Å². The average molecular weight is 237 g/mol. The number of likely N-dealkylation sites (N-methyl/N-ethyl adjacent to an activating group) is 1. The maximum absolute atomic E-state index is 5.82. The molecule has 0 aliphatic carbocycles. The second-order valence-electron chi connectivity index (χ2n) is 4.02. The molecule has 1 aromatic carbocycles. The number of hydrogen-bond donors (Lipinski definition) is 1. The molecule has 1 unspecified atom stereocenters. The number of benzene rings is 1. The van der Waals surface area contributed by atoms with Crippen molar-refractivity contribution in [2.24, 2.45) is 0 Å². The Hall–Kier alpha value is -0.900. The van der Waals surface area contributed by atoms with E-state index in [0.29, 0.717) is 13.2 Å². The third-order valence-corrected chi connectivity index (χ3v) is 2.59. The lowest BCUT2D eigenvalue weighted by molar-refractivity contribution is 0.00761. The second kappa shape index (κ2) is 8.23. The molecule has 0 saturated heterocycles. The molecule has 0 aliphatic rings. The fraction of sp³-hybridized carbons (Fsp3) is 0.571. The molecule has 1 atom stereocenters. The van der Waals surface area contributed by atoms with Gasteiger partial charge >= 0.3 is 0 Å². The molecule has 0 spiro atoms. The van der Waals surface area contributed by atoms with E-state index in [-0.39, 0.29) is 6.10 Å². The molecule has 17 heavy (non-hydrogen) atoms. The first-order valence-electron chi connectivity index (χ1n) is 6.18.